The van der Waals surface area contributed by atoms with Gasteiger partial charge in [0.15, 0.2) is 44.1 Å². The van der Waals surface area contributed by atoms with Gasteiger partial charge < -0.3 is 0 Å². The average molecular weight is 1740 g/mol. The molecule has 8 aliphatic rings. The largest absolute Gasteiger partial charge is 0.297 e. The molecule has 8 fully saturated rings. The fourth-order valence-electron chi connectivity index (χ4n) is 27.8. The van der Waals surface area contributed by atoms with Crippen LogP contribution in [0.1, 0.15) is 320 Å². The lowest BCUT2D eigenvalue weighted by atomic mass is 9.93. The van der Waals surface area contributed by atoms with E-state index in [2.05, 4.69) is 286 Å². The second-order valence-electron chi connectivity index (χ2n) is 42.1. The number of hydrogen-bond donors (Lipinski definition) is 0. The quantitative estimate of drug-likeness (QED) is 0.112. The van der Waals surface area contributed by atoms with Crippen molar-refractivity contribution in [1.29, 1.82) is 0 Å². The van der Waals surface area contributed by atoms with Crippen molar-refractivity contribution in [3.8, 4) is 0 Å². The zero-order valence-electron chi connectivity index (χ0n) is 79.1. The van der Waals surface area contributed by atoms with Crippen LogP contribution in [-0.4, -0.2) is 37.7 Å². The van der Waals surface area contributed by atoms with Crippen molar-refractivity contribution >= 4 is 154 Å². The van der Waals surface area contributed by atoms with E-state index in [1.165, 1.54) is 427 Å². The van der Waals surface area contributed by atoms with E-state index in [-0.39, 0.29) is 0 Å². The lowest BCUT2D eigenvalue weighted by molar-refractivity contribution is -0.617. The second-order valence-corrected chi connectivity index (χ2v) is 42.1. The van der Waals surface area contributed by atoms with Crippen LogP contribution in [0.15, 0.2) is 194 Å². The molecule has 132 heavy (non-hydrogen) atoms. The molecule has 0 atom stereocenters. The molecule has 0 spiro atoms. The van der Waals surface area contributed by atoms with Crippen LogP contribution in [-0.2, 0) is 28.2 Å². The third-order valence-corrected chi connectivity index (χ3v) is 34.4. The number of pyridine rings is 8. The van der Waals surface area contributed by atoms with E-state index in [1.807, 2.05) is 0 Å². The van der Waals surface area contributed by atoms with E-state index in [0.717, 1.165) is 5.92 Å². The molecule has 8 saturated carbocycles. The van der Waals surface area contributed by atoms with E-state index in [9.17, 15) is 0 Å². The van der Waals surface area contributed by atoms with Gasteiger partial charge in [0.25, 0.3) is 22.6 Å². The standard InChI is InChI=1S/4C30H32N3/c1-19-18-24(21-12-5-6-13-21)31-28-23-15-9-14-22(20-10-3-4-11-20)29(23)33-26-17-8-7-16-25(26)32(2)30(33)27(19)28;1-19-18-24(21-12-5-6-13-21)31-28-23-14-7-8-16-25(23)33-29-22(20-10-3-4-11-20)15-9-17-26(29)32(2)30(33)27(19)28;1-19-17-24(21-11-5-6-12-21)31-29-23-13-7-8-14-25(23)33-26-16-15-22(20-9-3-4-10-20)18-27(26)32(2)30(33)28(19)29;1-19-17-24(21-11-5-6-12-21)31-29-23-13-7-8-14-25(23)33-27-18-22(20-9-3-4-10-20)15-16-26(27)32(2)30(33)28(19)29/h2*7-9,14-18,20-21H,3-6,10-13H2,1-2H3;2*7-8,13-18,20-21H,3-6,9-12H2,1-2H3/q4*+1. The van der Waals surface area contributed by atoms with E-state index >= 15 is 0 Å². The molecule has 8 aliphatic carbocycles. The molecule has 0 radical (unpaired) electrons. The molecule has 0 N–H and O–H groups in total. The Kier molecular flexibility index (Phi) is 20.6. The summed E-state index contributed by atoms with van der Waals surface area (Å²) in [6.07, 6.45) is 42.4. The summed E-state index contributed by atoms with van der Waals surface area (Å²) in [5.74, 6) is 5.25. The highest BCUT2D eigenvalue weighted by Crippen LogP contribution is 2.49. The Bertz CT molecular complexity index is 7990. The van der Waals surface area contributed by atoms with E-state index in [0.29, 0.717) is 41.4 Å². The number of benzene rings is 8. The van der Waals surface area contributed by atoms with Gasteiger partial charge >= 0.3 is 0 Å². The van der Waals surface area contributed by atoms with Crippen LogP contribution in [0.3, 0.4) is 0 Å². The number of rotatable bonds is 8. The summed E-state index contributed by atoms with van der Waals surface area (Å²) in [6.45, 7) is 9.18. The van der Waals surface area contributed by atoms with Gasteiger partial charge in [0.1, 0.15) is 22.1 Å². The van der Waals surface area contributed by atoms with E-state index in [1.54, 1.807) is 0 Å². The van der Waals surface area contributed by atoms with E-state index < -0.39 is 0 Å². The number of nitrogens with zero attached hydrogens (tertiary/aromatic N) is 12. The molecule has 664 valence electrons. The minimum Gasteiger partial charge on any atom is -0.251 e. The predicted molar refractivity (Wildman–Crippen MR) is 544 cm³/mol. The second kappa shape index (κ2) is 33.2. The predicted octanol–water partition coefficient (Wildman–Crippen LogP) is 29.0. The first kappa shape index (κ1) is 82.2. The molecule has 12 nitrogen and oxygen atoms in total. The van der Waals surface area contributed by atoms with Crippen molar-refractivity contribution in [3.05, 3.63) is 261 Å². The molecule has 12 heterocycles. The molecular weight excluding hydrogens is 1610 g/mol. The number of fused-ring (bicyclic) bond motifs is 32. The summed E-state index contributed by atoms with van der Waals surface area (Å²) >= 11 is 0. The molecule has 0 saturated heterocycles. The number of para-hydroxylation sites is 7. The van der Waals surface area contributed by atoms with Gasteiger partial charge in [-0.05, 0) is 297 Å². The topological polar surface area (TPSA) is 85.5 Å². The Morgan fingerprint density at radius 3 is 1.05 bits per heavy atom. The Morgan fingerprint density at radius 2 is 0.568 bits per heavy atom. The first-order valence-electron chi connectivity index (χ1n) is 51.5. The maximum Gasteiger partial charge on any atom is 0.297 e. The van der Waals surface area contributed by atoms with Gasteiger partial charge in [0.2, 0.25) is 0 Å². The van der Waals surface area contributed by atoms with Crippen LogP contribution in [0.2, 0.25) is 0 Å². The highest BCUT2D eigenvalue weighted by Gasteiger charge is 2.38. The van der Waals surface area contributed by atoms with Gasteiger partial charge in [0.05, 0.1) is 71.8 Å². The Hall–Kier alpha value is -11.8. The number of imidazole rings is 4. The SMILES string of the molecule is Cc1cc(C2CCCC2)nc2c3cccc(C4CCCC4)c3n3c4ccccc4[n+](C)c3c12.Cc1cc(C2CCCC2)nc2c3ccccc3[n+]3c4ccc(C5CCCC5)cc4n(C)c3c12.Cc1cc(C2CCCC2)nc2c3ccccc3n3c4c(C5CCCC5)cccc4[n+](C)c3c12.Cc1cc(C2CCCC2)nc2c3ccccc3n3c4cc(C5CCCC5)ccc4[n+](C)c3c12. The van der Waals surface area contributed by atoms with Crippen LogP contribution in [0.4, 0.5) is 0 Å². The smallest absolute Gasteiger partial charge is 0.251 e. The number of hydrogen-bond acceptors (Lipinski definition) is 4. The number of aromatic nitrogens is 12. The number of aryl methyl sites for hydroxylation is 8. The summed E-state index contributed by atoms with van der Waals surface area (Å²) in [5, 5.41) is 10.4. The van der Waals surface area contributed by atoms with Crippen molar-refractivity contribution < 1.29 is 18.1 Å². The lowest BCUT2D eigenvalue weighted by Gasteiger charge is -2.16. The molecule has 20 aromatic rings. The maximum atomic E-state index is 5.45. The maximum absolute atomic E-state index is 5.45. The molecule has 0 aliphatic heterocycles. The van der Waals surface area contributed by atoms with Crippen molar-refractivity contribution in [1.82, 2.24) is 37.7 Å². The van der Waals surface area contributed by atoms with Gasteiger partial charge in [-0.1, -0.05) is 188 Å². The molecule has 0 bridgehead atoms. The zero-order chi connectivity index (χ0) is 88.4. The highest BCUT2D eigenvalue weighted by atomic mass is 15.1. The Morgan fingerprint density at radius 1 is 0.250 bits per heavy atom. The summed E-state index contributed by atoms with van der Waals surface area (Å²) in [4.78, 5) is 21.6. The van der Waals surface area contributed by atoms with Gasteiger partial charge in [-0.15, -0.1) is 0 Å². The van der Waals surface area contributed by atoms with Crippen LogP contribution in [0, 0.1) is 27.7 Å². The van der Waals surface area contributed by atoms with Gasteiger partial charge in [-0.2, -0.15) is 17.6 Å². The van der Waals surface area contributed by atoms with Gasteiger partial charge in [-0.25, -0.2) is 18.3 Å². The lowest BCUT2D eigenvalue weighted by Crippen LogP contribution is -2.27. The fourth-order valence-corrected chi connectivity index (χ4v) is 27.8. The molecule has 28 rings (SSSR count). The normalized spacial score (nSPS) is 18.0. The van der Waals surface area contributed by atoms with Gasteiger partial charge in [-0.3, -0.25) is 19.9 Å². The van der Waals surface area contributed by atoms with Crippen molar-refractivity contribution in [2.24, 2.45) is 28.2 Å². The third kappa shape index (κ3) is 13.2. The van der Waals surface area contributed by atoms with Crippen molar-refractivity contribution in [2.75, 3.05) is 0 Å². The van der Waals surface area contributed by atoms with Crippen molar-refractivity contribution in [3.63, 3.8) is 0 Å². The zero-order valence-corrected chi connectivity index (χ0v) is 79.1. The fraction of sp³-hybridized carbons (Fsp3) is 0.400. The summed E-state index contributed by atoms with van der Waals surface area (Å²) < 4.78 is 19.7. The minimum absolute atomic E-state index is 0.622. The summed E-state index contributed by atoms with van der Waals surface area (Å²) in [5.41, 5.74) is 42.3. The highest BCUT2D eigenvalue weighted by molar-refractivity contribution is 6.16. The van der Waals surface area contributed by atoms with Crippen LogP contribution < -0.4 is 18.1 Å². The monoisotopic (exact) mass is 1740 g/mol. The molecule has 12 heteroatoms. The first-order valence-corrected chi connectivity index (χ1v) is 51.5. The molecule has 0 amide bonds. The Balaban J connectivity index is 0.0000000945. The summed E-state index contributed by atoms with van der Waals surface area (Å²) in [7, 11) is 8.94. The van der Waals surface area contributed by atoms with Crippen molar-refractivity contribution in [2.45, 2.75) is 281 Å². The minimum atomic E-state index is 0.622. The third-order valence-electron chi connectivity index (χ3n) is 34.4. The summed E-state index contributed by atoms with van der Waals surface area (Å²) in [6, 6.07) is 73.5. The van der Waals surface area contributed by atoms with E-state index in [4.69, 9.17) is 19.9 Å². The first-order chi connectivity index (χ1) is 64.8. The molecular formula is C120H128N12+4. The van der Waals surface area contributed by atoms with Crippen LogP contribution in [0.25, 0.3) is 154 Å². The van der Waals surface area contributed by atoms with Crippen LogP contribution in [0.5, 0.6) is 0 Å². The molecule has 12 aromatic heterocycles. The van der Waals surface area contributed by atoms with Crippen LogP contribution >= 0.6 is 0 Å². The Labute approximate surface area is 774 Å². The average Bonchev–Trinajstić information content (AvgIpc) is 1.56. The molecule has 8 aromatic carbocycles. The van der Waals surface area contributed by atoms with Gasteiger partial charge in [0, 0.05) is 79.1 Å². The molecule has 0 unspecified atom stereocenters.